The van der Waals surface area contributed by atoms with Crippen molar-refractivity contribution in [2.24, 2.45) is 0 Å². The van der Waals surface area contributed by atoms with Gasteiger partial charge in [-0.3, -0.25) is 0 Å². The smallest absolute Gasteiger partial charge is 0.191 e. The zero-order valence-electron chi connectivity index (χ0n) is 29.6. The van der Waals surface area contributed by atoms with Crippen LogP contribution in [0.15, 0.2) is 72.8 Å². The Morgan fingerprint density at radius 3 is 1.85 bits per heavy atom. The van der Waals surface area contributed by atoms with Gasteiger partial charge in [0.2, 0.25) is 0 Å². The number of benzene rings is 4. The molecule has 0 N–H and O–H groups in total. The molecule has 0 amide bonds. The molecule has 0 saturated carbocycles. The van der Waals surface area contributed by atoms with Crippen molar-refractivity contribution in [3.8, 4) is 34.5 Å². The average molecular weight is 674 g/mol. The van der Waals surface area contributed by atoms with Gasteiger partial charge in [-0.1, -0.05) is 63.2 Å². The van der Waals surface area contributed by atoms with Crippen LogP contribution < -0.4 is 40.8 Å². The van der Waals surface area contributed by atoms with E-state index in [-0.39, 0.29) is 23.7 Å². The molecule has 8 heteroatoms. The standard InChI is InChI=1S/C40H48NO6.ClH/c1-26(27-16-18-31(19-17-27)40(2,3)4)37-32-23-36(45-8)35(44-7)22-28(32)20-21-41(37)24-29-12-10-15-34(43-6)39(29)47-25-30-13-11-14-33(42-5)38(30)46-9;/h10-19,22-23,26H,20-21,24-25H2,1-9H3;1H/q+1;/p-1. The van der Waals surface area contributed by atoms with Crippen LogP contribution in [0.2, 0.25) is 0 Å². The molecule has 4 aromatic carbocycles. The summed E-state index contributed by atoms with van der Waals surface area (Å²) < 4.78 is 37.5. The Labute approximate surface area is 291 Å². The molecule has 1 unspecified atom stereocenters. The maximum absolute atomic E-state index is 6.56. The number of hydrogen-bond acceptors (Lipinski definition) is 6. The quantitative estimate of drug-likeness (QED) is 0.198. The second-order valence-corrected chi connectivity index (χ2v) is 12.9. The molecule has 0 aromatic heterocycles. The highest BCUT2D eigenvalue weighted by Gasteiger charge is 2.33. The molecule has 0 saturated heterocycles. The summed E-state index contributed by atoms with van der Waals surface area (Å²) in [5.74, 6) is 4.29. The fraction of sp³-hybridized carbons (Fsp3) is 0.375. The zero-order chi connectivity index (χ0) is 33.7. The zero-order valence-corrected chi connectivity index (χ0v) is 30.4. The molecule has 0 fully saturated rings. The fourth-order valence-electron chi connectivity index (χ4n) is 6.45. The molecule has 7 nitrogen and oxygen atoms in total. The van der Waals surface area contributed by atoms with Crippen molar-refractivity contribution in [1.29, 1.82) is 0 Å². The molecule has 1 atom stereocenters. The van der Waals surface area contributed by atoms with Crippen molar-refractivity contribution in [3.05, 3.63) is 106 Å². The van der Waals surface area contributed by atoms with Crippen molar-refractivity contribution in [2.45, 2.75) is 58.6 Å². The van der Waals surface area contributed by atoms with Crippen LogP contribution in [0.5, 0.6) is 34.5 Å². The Balaban J connectivity index is 0.00000520. The van der Waals surface area contributed by atoms with Gasteiger partial charge in [-0.2, -0.15) is 0 Å². The lowest BCUT2D eigenvalue weighted by Gasteiger charge is -2.25. The SMILES string of the molecule is COc1cc2c(cc1OC)C(C(C)c1ccc(C(C)(C)C)cc1)=[N+](Cc1cccc(OC)c1OCc1cccc(OC)c1OC)CC2.[Cl-]. The van der Waals surface area contributed by atoms with E-state index in [9.17, 15) is 0 Å². The molecular weight excluding hydrogens is 626 g/mol. The number of ether oxygens (including phenoxy) is 6. The molecule has 0 aliphatic carbocycles. The van der Waals surface area contributed by atoms with Crippen LogP contribution in [0.1, 0.15) is 67.0 Å². The van der Waals surface area contributed by atoms with Crippen molar-refractivity contribution in [1.82, 2.24) is 0 Å². The van der Waals surface area contributed by atoms with E-state index in [1.54, 1.807) is 35.5 Å². The second-order valence-electron chi connectivity index (χ2n) is 12.9. The molecular formula is C40H48ClNO6. The first-order valence-electron chi connectivity index (χ1n) is 16.1. The lowest BCUT2D eigenvalue weighted by Crippen LogP contribution is -3.00. The molecule has 0 spiro atoms. The van der Waals surface area contributed by atoms with E-state index < -0.39 is 0 Å². The summed E-state index contributed by atoms with van der Waals surface area (Å²) in [5, 5.41) is 0. The van der Waals surface area contributed by atoms with E-state index in [1.165, 1.54) is 28.0 Å². The Hall–Kier alpha value is -4.36. The predicted octanol–water partition coefficient (Wildman–Crippen LogP) is 4.97. The van der Waals surface area contributed by atoms with E-state index in [4.69, 9.17) is 28.4 Å². The minimum Gasteiger partial charge on any atom is -1.00 e. The number of nitrogens with zero attached hydrogens (tertiary/aromatic N) is 1. The molecule has 48 heavy (non-hydrogen) atoms. The van der Waals surface area contributed by atoms with Crippen LogP contribution in [-0.4, -0.2) is 52.4 Å². The predicted molar refractivity (Wildman–Crippen MR) is 187 cm³/mol. The highest BCUT2D eigenvalue weighted by Crippen LogP contribution is 2.39. The van der Waals surface area contributed by atoms with Crippen LogP contribution in [-0.2, 0) is 25.0 Å². The number of halogens is 1. The number of methoxy groups -OCH3 is 5. The monoisotopic (exact) mass is 673 g/mol. The third-order valence-corrected chi connectivity index (χ3v) is 9.06. The van der Waals surface area contributed by atoms with Gasteiger partial charge >= 0.3 is 0 Å². The van der Waals surface area contributed by atoms with Gasteiger partial charge in [0.15, 0.2) is 46.8 Å². The first-order valence-corrected chi connectivity index (χ1v) is 16.1. The molecule has 4 aromatic rings. The van der Waals surface area contributed by atoms with Gasteiger partial charge in [0, 0.05) is 17.5 Å². The van der Waals surface area contributed by atoms with Crippen LogP contribution in [0.3, 0.4) is 0 Å². The molecule has 0 bridgehead atoms. The van der Waals surface area contributed by atoms with Gasteiger partial charge in [0.05, 0.1) is 47.0 Å². The molecule has 5 rings (SSSR count). The van der Waals surface area contributed by atoms with Crippen molar-refractivity contribution in [2.75, 3.05) is 42.1 Å². The summed E-state index contributed by atoms with van der Waals surface area (Å²) in [5.41, 5.74) is 8.23. The third kappa shape index (κ3) is 7.52. The topological polar surface area (TPSA) is 58.4 Å². The van der Waals surface area contributed by atoms with Gasteiger partial charge in [-0.25, -0.2) is 4.58 Å². The van der Waals surface area contributed by atoms with Crippen LogP contribution in [0.25, 0.3) is 0 Å². The number of para-hydroxylation sites is 2. The van der Waals surface area contributed by atoms with Crippen LogP contribution in [0.4, 0.5) is 0 Å². The van der Waals surface area contributed by atoms with E-state index in [0.717, 1.165) is 35.6 Å². The second kappa shape index (κ2) is 15.7. The lowest BCUT2D eigenvalue weighted by molar-refractivity contribution is -0.546. The number of fused-ring (bicyclic) bond motifs is 1. The summed E-state index contributed by atoms with van der Waals surface area (Å²) >= 11 is 0. The summed E-state index contributed by atoms with van der Waals surface area (Å²) in [6.07, 6.45) is 0.871. The van der Waals surface area contributed by atoms with Crippen molar-refractivity contribution in [3.63, 3.8) is 0 Å². The van der Waals surface area contributed by atoms with Gasteiger partial charge in [0.1, 0.15) is 13.2 Å². The molecule has 1 aliphatic rings. The molecule has 256 valence electrons. The lowest BCUT2D eigenvalue weighted by atomic mass is 9.83. The van der Waals surface area contributed by atoms with Crippen LogP contribution in [0, 0.1) is 0 Å². The van der Waals surface area contributed by atoms with E-state index in [0.29, 0.717) is 36.1 Å². The molecule has 1 heterocycles. The van der Waals surface area contributed by atoms with Crippen LogP contribution >= 0.6 is 0 Å². The maximum atomic E-state index is 6.56. The minimum absolute atomic E-state index is 0. The largest absolute Gasteiger partial charge is 1.00 e. The van der Waals surface area contributed by atoms with E-state index in [2.05, 4.69) is 74.7 Å². The van der Waals surface area contributed by atoms with Gasteiger partial charge < -0.3 is 40.8 Å². The number of hydrogen-bond donors (Lipinski definition) is 0. The summed E-state index contributed by atoms with van der Waals surface area (Å²) in [6.45, 7) is 10.8. The molecule has 0 radical (unpaired) electrons. The van der Waals surface area contributed by atoms with Crippen molar-refractivity contribution >= 4 is 5.71 Å². The van der Waals surface area contributed by atoms with Gasteiger partial charge in [-0.05, 0) is 59.4 Å². The summed E-state index contributed by atoms with van der Waals surface area (Å²) in [4.78, 5) is 0. The Morgan fingerprint density at radius 2 is 1.27 bits per heavy atom. The van der Waals surface area contributed by atoms with Gasteiger partial charge in [-0.15, -0.1) is 0 Å². The average Bonchev–Trinajstić information content (AvgIpc) is 3.09. The van der Waals surface area contributed by atoms with E-state index >= 15 is 0 Å². The van der Waals surface area contributed by atoms with Gasteiger partial charge in [0.25, 0.3) is 0 Å². The Kier molecular flexibility index (Phi) is 11.9. The Bertz CT molecular complexity index is 1740. The fourth-order valence-corrected chi connectivity index (χ4v) is 6.45. The van der Waals surface area contributed by atoms with E-state index in [1.807, 2.05) is 30.3 Å². The summed E-state index contributed by atoms with van der Waals surface area (Å²) in [7, 11) is 8.34. The Morgan fingerprint density at radius 1 is 0.688 bits per heavy atom. The summed E-state index contributed by atoms with van der Waals surface area (Å²) in [6, 6.07) is 25.2. The number of rotatable bonds is 12. The van der Waals surface area contributed by atoms with Crippen molar-refractivity contribution < 1.29 is 45.4 Å². The maximum Gasteiger partial charge on any atom is 0.191 e. The normalized spacial score (nSPS) is 13.2. The minimum atomic E-state index is 0. The third-order valence-electron chi connectivity index (χ3n) is 9.06. The first-order chi connectivity index (χ1) is 22.6. The highest BCUT2D eigenvalue weighted by atomic mass is 35.5. The molecule has 1 aliphatic heterocycles. The highest BCUT2D eigenvalue weighted by molar-refractivity contribution is 6.03. The first kappa shape index (κ1) is 36.5.